The molecule has 4 nitrogen and oxygen atoms in total. The van der Waals surface area contributed by atoms with Crippen LogP contribution < -0.4 is 0 Å². The van der Waals surface area contributed by atoms with Gasteiger partial charge in [0.25, 0.3) is 10.0 Å². The molecular formula is C16H18N2O2S. The molecule has 110 valence electrons. The number of hydrogen-bond acceptors (Lipinski definition) is 3. The van der Waals surface area contributed by atoms with Gasteiger partial charge in [-0.2, -0.15) is 0 Å². The zero-order valence-electron chi connectivity index (χ0n) is 11.8. The summed E-state index contributed by atoms with van der Waals surface area (Å²) in [5.41, 5.74) is 1.76. The fourth-order valence-corrected chi connectivity index (χ4v) is 3.80. The van der Waals surface area contributed by atoms with Crippen molar-refractivity contribution in [1.29, 1.82) is 0 Å². The van der Waals surface area contributed by atoms with Gasteiger partial charge in [-0.15, -0.1) is 0 Å². The first-order valence-corrected chi connectivity index (χ1v) is 8.46. The predicted octanol–water partition coefficient (Wildman–Crippen LogP) is 2.79. The van der Waals surface area contributed by atoms with Gasteiger partial charge in [0, 0.05) is 36.7 Å². The van der Waals surface area contributed by atoms with Gasteiger partial charge < -0.3 is 4.90 Å². The van der Waals surface area contributed by atoms with Crippen molar-refractivity contribution >= 4 is 15.7 Å². The topological polar surface area (TPSA) is 42.3 Å². The molecule has 0 radical (unpaired) electrons. The standard InChI is InChI=1S/C16H18N2O2S/c1-14(17-10-5-6-11-17)15-9-12-18(13-15)21(19,20)16-7-3-2-4-8-16/h2-4,7-9,12-13H,1,5-6,10-11H2. The maximum atomic E-state index is 12.5. The predicted molar refractivity (Wildman–Crippen MR) is 83.3 cm³/mol. The molecule has 0 N–H and O–H groups in total. The second kappa shape index (κ2) is 5.41. The first kappa shape index (κ1) is 13.9. The van der Waals surface area contributed by atoms with Crippen LogP contribution in [-0.2, 0) is 10.0 Å². The summed E-state index contributed by atoms with van der Waals surface area (Å²) in [7, 11) is -3.52. The molecule has 0 unspecified atom stereocenters. The highest BCUT2D eigenvalue weighted by atomic mass is 32.2. The van der Waals surface area contributed by atoms with Crippen LogP contribution in [-0.4, -0.2) is 30.4 Å². The number of rotatable bonds is 4. The molecular weight excluding hydrogens is 284 g/mol. The van der Waals surface area contributed by atoms with Crippen LogP contribution >= 0.6 is 0 Å². The van der Waals surface area contributed by atoms with E-state index in [1.54, 1.807) is 48.8 Å². The molecule has 1 aliphatic rings. The summed E-state index contributed by atoms with van der Waals surface area (Å²) < 4.78 is 26.3. The lowest BCUT2D eigenvalue weighted by Crippen LogP contribution is -2.16. The fourth-order valence-electron chi connectivity index (χ4n) is 2.58. The molecule has 1 aromatic heterocycles. The molecule has 0 atom stereocenters. The number of likely N-dealkylation sites (tertiary alicyclic amines) is 1. The largest absolute Gasteiger partial charge is 0.371 e. The first-order valence-electron chi connectivity index (χ1n) is 7.02. The van der Waals surface area contributed by atoms with Crippen LogP contribution in [0, 0.1) is 0 Å². The van der Waals surface area contributed by atoms with Crippen LogP contribution in [0.3, 0.4) is 0 Å². The number of nitrogens with zero attached hydrogens (tertiary/aromatic N) is 2. The van der Waals surface area contributed by atoms with Gasteiger partial charge in [-0.1, -0.05) is 24.8 Å². The molecule has 1 aromatic carbocycles. The quantitative estimate of drug-likeness (QED) is 0.872. The van der Waals surface area contributed by atoms with E-state index in [-0.39, 0.29) is 0 Å². The molecule has 0 saturated carbocycles. The van der Waals surface area contributed by atoms with Crippen LogP contribution in [0.15, 0.2) is 60.3 Å². The highest BCUT2D eigenvalue weighted by Gasteiger charge is 2.19. The van der Waals surface area contributed by atoms with Crippen molar-refractivity contribution in [2.75, 3.05) is 13.1 Å². The maximum Gasteiger partial charge on any atom is 0.267 e. The summed E-state index contributed by atoms with van der Waals surface area (Å²) in [5.74, 6) is 0. The third-order valence-corrected chi connectivity index (χ3v) is 5.46. The molecule has 1 fully saturated rings. The van der Waals surface area contributed by atoms with Gasteiger partial charge in [-0.05, 0) is 31.0 Å². The van der Waals surface area contributed by atoms with E-state index in [2.05, 4.69) is 11.5 Å². The zero-order valence-corrected chi connectivity index (χ0v) is 12.6. The number of hydrogen-bond donors (Lipinski definition) is 0. The first-order chi connectivity index (χ1) is 10.1. The average molecular weight is 302 g/mol. The van der Waals surface area contributed by atoms with Crippen LogP contribution in [0.4, 0.5) is 0 Å². The molecule has 5 heteroatoms. The van der Waals surface area contributed by atoms with Crippen LogP contribution in [0.5, 0.6) is 0 Å². The lowest BCUT2D eigenvalue weighted by molar-refractivity contribution is 0.494. The van der Waals surface area contributed by atoms with Crippen molar-refractivity contribution in [2.45, 2.75) is 17.7 Å². The van der Waals surface area contributed by atoms with Crippen LogP contribution in [0.25, 0.3) is 5.70 Å². The highest BCUT2D eigenvalue weighted by molar-refractivity contribution is 7.90. The lowest BCUT2D eigenvalue weighted by Gasteiger charge is -2.19. The Morgan fingerprint density at radius 2 is 1.71 bits per heavy atom. The number of aromatic nitrogens is 1. The van der Waals surface area contributed by atoms with E-state index in [0.29, 0.717) is 4.90 Å². The second-order valence-electron chi connectivity index (χ2n) is 5.19. The minimum atomic E-state index is -3.52. The average Bonchev–Trinajstić information content (AvgIpc) is 3.19. The maximum absolute atomic E-state index is 12.5. The van der Waals surface area contributed by atoms with Crippen molar-refractivity contribution in [3.8, 4) is 0 Å². The van der Waals surface area contributed by atoms with E-state index in [0.717, 1.165) is 24.4 Å². The van der Waals surface area contributed by atoms with Gasteiger partial charge in [0.1, 0.15) is 0 Å². The Bertz CT molecular complexity index is 742. The van der Waals surface area contributed by atoms with Crippen molar-refractivity contribution < 1.29 is 8.42 Å². The Balaban J connectivity index is 1.90. The molecule has 2 aromatic rings. The Morgan fingerprint density at radius 1 is 1.05 bits per heavy atom. The second-order valence-corrected chi connectivity index (χ2v) is 7.03. The van der Waals surface area contributed by atoms with Crippen molar-refractivity contribution in [3.63, 3.8) is 0 Å². The minimum Gasteiger partial charge on any atom is -0.371 e. The number of benzene rings is 1. The Morgan fingerprint density at radius 3 is 2.38 bits per heavy atom. The van der Waals surface area contributed by atoms with E-state index in [1.165, 1.54) is 16.8 Å². The smallest absolute Gasteiger partial charge is 0.267 e. The summed E-state index contributed by atoms with van der Waals surface area (Å²) in [5, 5.41) is 0. The summed E-state index contributed by atoms with van der Waals surface area (Å²) in [6, 6.07) is 10.3. The molecule has 0 amide bonds. The van der Waals surface area contributed by atoms with Gasteiger partial charge in [0.2, 0.25) is 0 Å². The minimum absolute atomic E-state index is 0.291. The van der Waals surface area contributed by atoms with E-state index in [9.17, 15) is 8.42 Å². The Kier molecular flexibility index (Phi) is 3.59. The summed E-state index contributed by atoms with van der Waals surface area (Å²) in [6.07, 6.45) is 5.56. The molecule has 21 heavy (non-hydrogen) atoms. The fraction of sp³-hybridized carbons (Fsp3) is 0.250. The van der Waals surface area contributed by atoms with E-state index >= 15 is 0 Å². The molecule has 0 spiro atoms. The summed E-state index contributed by atoms with van der Waals surface area (Å²) in [6.45, 7) is 6.08. The van der Waals surface area contributed by atoms with Gasteiger partial charge in [0.05, 0.1) is 4.90 Å². The molecule has 0 aliphatic carbocycles. The lowest BCUT2D eigenvalue weighted by atomic mass is 10.2. The molecule has 3 rings (SSSR count). The Labute approximate surface area is 125 Å². The Hall–Kier alpha value is -2.01. The van der Waals surface area contributed by atoms with Gasteiger partial charge in [0.15, 0.2) is 0 Å². The molecule has 0 bridgehead atoms. The zero-order chi connectivity index (χ0) is 14.9. The van der Waals surface area contributed by atoms with E-state index in [1.807, 2.05) is 0 Å². The van der Waals surface area contributed by atoms with Crippen LogP contribution in [0.1, 0.15) is 18.4 Å². The van der Waals surface area contributed by atoms with Gasteiger partial charge in [-0.3, -0.25) is 0 Å². The van der Waals surface area contributed by atoms with E-state index in [4.69, 9.17) is 0 Å². The highest BCUT2D eigenvalue weighted by Crippen LogP contribution is 2.24. The van der Waals surface area contributed by atoms with Gasteiger partial charge >= 0.3 is 0 Å². The molecule has 2 heterocycles. The summed E-state index contributed by atoms with van der Waals surface area (Å²) >= 11 is 0. The van der Waals surface area contributed by atoms with Crippen molar-refractivity contribution in [1.82, 2.24) is 8.87 Å². The van der Waals surface area contributed by atoms with Gasteiger partial charge in [-0.25, -0.2) is 12.4 Å². The molecule has 1 saturated heterocycles. The normalized spacial score (nSPS) is 15.3. The van der Waals surface area contributed by atoms with E-state index < -0.39 is 10.0 Å². The summed E-state index contributed by atoms with van der Waals surface area (Å²) in [4.78, 5) is 2.49. The van der Waals surface area contributed by atoms with Crippen LogP contribution in [0.2, 0.25) is 0 Å². The van der Waals surface area contributed by atoms with Crippen molar-refractivity contribution in [3.05, 3.63) is 60.9 Å². The van der Waals surface area contributed by atoms with Crippen molar-refractivity contribution in [2.24, 2.45) is 0 Å². The SMILES string of the molecule is C=C(c1ccn(S(=O)(=O)c2ccccc2)c1)N1CCCC1. The monoisotopic (exact) mass is 302 g/mol. The molecule has 1 aliphatic heterocycles. The third kappa shape index (κ3) is 2.61. The third-order valence-electron chi connectivity index (χ3n) is 3.81.